The van der Waals surface area contributed by atoms with Gasteiger partial charge in [0, 0.05) is 34.3 Å². The maximum absolute atomic E-state index is 6.16. The Balaban J connectivity index is 1.94. The van der Waals surface area contributed by atoms with Gasteiger partial charge in [-0.15, -0.1) is 22.7 Å². The minimum Gasteiger partial charge on any atom is -0.315 e. The Kier molecular flexibility index (Phi) is 4.79. The average molecular weight is 327 g/mol. The molecule has 1 aliphatic heterocycles. The first-order chi connectivity index (χ1) is 9.74. The first-order valence-corrected chi connectivity index (χ1v) is 9.01. The third-order valence-electron chi connectivity index (χ3n) is 3.63. The smallest absolute Gasteiger partial charge is 0.0931 e. The summed E-state index contributed by atoms with van der Waals surface area (Å²) in [5, 5.41) is 3.48. The van der Waals surface area contributed by atoms with E-state index in [0.29, 0.717) is 6.04 Å². The Morgan fingerprint density at radius 2 is 1.90 bits per heavy atom. The molecule has 1 aliphatic rings. The molecule has 0 saturated carbocycles. The normalized spacial score (nSPS) is 18.9. The van der Waals surface area contributed by atoms with Gasteiger partial charge in [0.15, 0.2) is 0 Å². The van der Waals surface area contributed by atoms with Crippen molar-refractivity contribution in [1.29, 1.82) is 0 Å². The number of nitrogens with zero attached hydrogens (tertiary/aromatic N) is 1. The molecular weight excluding hydrogens is 308 g/mol. The van der Waals surface area contributed by atoms with E-state index in [4.69, 9.17) is 11.6 Å². The number of halogens is 1. The monoisotopic (exact) mass is 326 g/mol. The SMILES string of the molecule is Cc1ccc(C(c2ccc(Cl)s2)N2CCCNCC2)s1. The Bertz CT molecular complexity index is 515. The lowest BCUT2D eigenvalue weighted by Crippen LogP contribution is -2.32. The number of hydrogen-bond acceptors (Lipinski definition) is 4. The number of thiophene rings is 2. The minimum atomic E-state index is 0.367. The van der Waals surface area contributed by atoms with Gasteiger partial charge in [0.1, 0.15) is 0 Å². The van der Waals surface area contributed by atoms with Crippen LogP contribution in [0.4, 0.5) is 0 Å². The van der Waals surface area contributed by atoms with E-state index >= 15 is 0 Å². The van der Waals surface area contributed by atoms with Crippen LogP contribution in [0.1, 0.15) is 27.1 Å². The lowest BCUT2D eigenvalue weighted by Gasteiger charge is -2.29. The number of hydrogen-bond donors (Lipinski definition) is 1. The fourth-order valence-electron chi connectivity index (χ4n) is 2.70. The molecule has 3 heterocycles. The predicted molar refractivity (Wildman–Crippen MR) is 89.3 cm³/mol. The molecule has 0 spiro atoms. The van der Waals surface area contributed by atoms with Gasteiger partial charge in [-0.25, -0.2) is 0 Å². The van der Waals surface area contributed by atoms with Gasteiger partial charge < -0.3 is 5.32 Å². The molecule has 20 heavy (non-hydrogen) atoms. The molecule has 0 amide bonds. The molecule has 108 valence electrons. The van der Waals surface area contributed by atoms with Crippen LogP contribution in [0.15, 0.2) is 24.3 Å². The standard InChI is InChI=1S/C15H19ClN2S2/c1-11-3-4-12(19-11)15(13-5-6-14(16)20-13)18-9-2-7-17-8-10-18/h3-6,15,17H,2,7-10H2,1H3. The van der Waals surface area contributed by atoms with E-state index in [1.54, 1.807) is 11.3 Å². The van der Waals surface area contributed by atoms with Crippen molar-refractivity contribution >= 4 is 34.3 Å². The molecule has 1 fully saturated rings. The van der Waals surface area contributed by atoms with E-state index < -0.39 is 0 Å². The van der Waals surface area contributed by atoms with E-state index in [9.17, 15) is 0 Å². The summed E-state index contributed by atoms with van der Waals surface area (Å²) in [6, 6.07) is 9.07. The van der Waals surface area contributed by atoms with Crippen LogP contribution >= 0.6 is 34.3 Å². The van der Waals surface area contributed by atoms with Crippen LogP contribution in [0.25, 0.3) is 0 Å². The number of nitrogens with one attached hydrogen (secondary N) is 1. The van der Waals surface area contributed by atoms with Crippen molar-refractivity contribution in [3.8, 4) is 0 Å². The second kappa shape index (κ2) is 6.58. The summed E-state index contributed by atoms with van der Waals surface area (Å²) in [6.07, 6.45) is 1.21. The molecule has 1 unspecified atom stereocenters. The zero-order valence-corrected chi connectivity index (χ0v) is 14.0. The number of aryl methyl sites for hydroxylation is 1. The van der Waals surface area contributed by atoms with Gasteiger partial charge in [-0.05, 0) is 44.2 Å². The highest BCUT2D eigenvalue weighted by molar-refractivity contribution is 7.16. The van der Waals surface area contributed by atoms with Crippen molar-refractivity contribution in [2.75, 3.05) is 26.2 Å². The molecule has 1 N–H and O–H groups in total. The summed E-state index contributed by atoms with van der Waals surface area (Å²) >= 11 is 9.77. The van der Waals surface area contributed by atoms with Crippen molar-refractivity contribution < 1.29 is 0 Å². The highest BCUT2D eigenvalue weighted by Crippen LogP contribution is 2.38. The summed E-state index contributed by atoms with van der Waals surface area (Å²) in [5.41, 5.74) is 0. The van der Waals surface area contributed by atoms with E-state index in [1.807, 2.05) is 17.4 Å². The van der Waals surface area contributed by atoms with Crippen molar-refractivity contribution in [2.45, 2.75) is 19.4 Å². The highest BCUT2D eigenvalue weighted by Gasteiger charge is 2.25. The maximum Gasteiger partial charge on any atom is 0.0931 e. The summed E-state index contributed by atoms with van der Waals surface area (Å²) in [7, 11) is 0. The molecule has 0 aliphatic carbocycles. The van der Waals surface area contributed by atoms with Crippen LogP contribution in [0.5, 0.6) is 0 Å². The van der Waals surface area contributed by atoms with Gasteiger partial charge in [0.05, 0.1) is 10.4 Å². The maximum atomic E-state index is 6.16. The lowest BCUT2D eigenvalue weighted by molar-refractivity contribution is 0.247. The van der Waals surface area contributed by atoms with E-state index in [0.717, 1.165) is 30.5 Å². The second-order valence-electron chi connectivity index (χ2n) is 5.13. The molecule has 2 aromatic rings. The van der Waals surface area contributed by atoms with Gasteiger partial charge in [0.25, 0.3) is 0 Å². The van der Waals surface area contributed by atoms with E-state index in [2.05, 4.69) is 35.3 Å². The minimum absolute atomic E-state index is 0.367. The van der Waals surface area contributed by atoms with Crippen molar-refractivity contribution in [2.24, 2.45) is 0 Å². The van der Waals surface area contributed by atoms with E-state index in [1.165, 1.54) is 21.1 Å². The third-order valence-corrected chi connectivity index (χ3v) is 5.97. The molecule has 1 saturated heterocycles. The van der Waals surface area contributed by atoms with Gasteiger partial charge in [-0.1, -0.05) is 11.6 Å². The summed E-state index contributed by atoms with van der Waals surface area (Å²) in [6.45, 7) is 6.61. The molecule has 3 rings (SSSR count). The van der Waals surface area contributed by atoms with Crippen LogP contribution in [-0.2, 0) is 0 Å². The average Bonchev–Trinajstić information content (AvgIpc) is 2.93. The molecular formula is C15H19ClN2S2. The van der Waals surface area contributed by atoms with Crippen molar-refractivity contribution in [1.82, 2.24) is 10.2 Å². The zero-order valence-electron chi connectivity index (χ0n) is 11.6. The van der Waals surface area contributed by atoms with Crippen LogP contribution in [-0.4, -0.2) is 31.1 Å². The van der Waals surface area contributed by atoms with Crippen LogP contribution < -0.4 is 5.32 Å². The quantitative estimate of drug-likeness (QED) is 0.911. The largest absolute Gasteiger partial charge is 0.315 e. The van der Waals surface area contributed by atoms with Crippen LogP contribution in [0.3, 0.4) is 0 Å². The Morgan fingerprint density at radius 1 is 1.10 bits per heavy atom. The van der Waals surface area contributed by atoms with Gasteiger partial charge in [-0.2, -0.15) is 0 Å². The third kappa shape index (κ3) is 3.26. The van der Waals surface area contributed by atoms with Gasteiger partial charge >= 0.3 is 0 Å². The van der Waals surface area contributed by atoms with Gasteiger partial charge in [-0.3, -0.25) is 4.90 Å². The van der Waals surface area contributed by atoms with Crippen LogP contribution in [0.2, 0.25) is 4.34 Å². The molecule has 0 bridgehead atoms. The zero-order chi connectivity index (χ0) is 13.9. The Labute approximate surface area is 133 Å². The predicted octanol–water partition coefficient (Wildman–Crippen LogP) is 4.16. The molecule has 1 atom stereocenters. The van der Waals surface area contributed by atoms with Crippen molar-refractivity contribution in [3.63, 3.8) is 0 Å². The summed E-state index contributed by atoms with van der Waals surface area (Å²) in [5.74, 6) is 0. The first kappa shape index (κ1) is 14.5. The van der Waals surface area contributed by atoms with E-state index in [-0.39, 0.29) is 0 Å². The molecule has 2 aromatic heterocycles. The first-order valence-electron chi connectivity index (χ1n) is 7.00. The van der Waals surface area contributed by atoms with Gasteiger partial charge in [0.2, 0.25) is 0 Å². The molecule has 2 nitrogen and oxygen atoms in total. The van der Waals surface area contributed by atoms with Crippen molar-refractivity contribution in [3.05, 3.63) is 43.2 Å². The summed E-state index contributed by atoms with van der Waals surface area (Å²) < 4.78 is 0.881. The Morgan fingerprint density at radius 3 is 2.60 bits per heavy atom. The molecule has 5 heteroatoms. The molecule has 0 aromatic carbocycles. The second-order valence-corrected chi connectivity index (χ2v) is 8.20. The number of rotatable bonds is 3. The summed E-state index contributed by atoms with van der Waals surface area (Å²) in [4.78, 5) is 6.76. The molecule has 0 radical (unpaired) electrons. The topological polar surface area (TPSA) is 15.3 Å². The Hall–Kier alpha value is -0.390. The lowest BCUT2D eigenvalue weighted by atomic mass is 10.1. The fraction of sp³-hybridized carbons (Fsp3) is 0.467. The highest BCUT2D eigenvalue weighted by atomic mass is 35.5. The fourth-order valence-corrected chi connectivity index (χ4v) is 5.02. The van der Waals surface area contributed by atoms with Crippen LogP contribution in [0, 0.1) is 6.92 Å².